The number of fused-ring (bicyclic) bond motifs is 1. The van der Waals surface area contributed by atoms with Crippen molar-refractivity contribution in [3.05, 3.63) is 20.6 Å². The second-order valence-electron chi connectivity index (χ2n) is 4.48. The van der Waals surface area contributed by atoms with E-state index in [1.54, 1.807) is 11.3 Å². The molecule has 2 N–H and O–H groups in total. The van der Waals surface area contributed by atoms with Crippen molar-refractivity contribution in [2.75, 3.05) is 11.9 Å². The molecule has 1 aliphatic heterocycles. The van der Waals surface area contributed by atoms with Gasteiger partial charge in [0.15, 0.2) is 0 Å². The van der Waals surface area contributed by atoms with Crippen LogP contribution in [0.3, 0.4) is 0 Å². The second-order valence-corrected chi connectivity index (χ2v) is 6.71. The number of hydrogen-bond donors (Lipinski definition) is 2. The van der Waals surface area contributed by atoms with Gasteiger partial charge in [-0.1, -0.05) is 18.3 Å². The van der Waals surface area contributed by atoms with E-state index in [0.717, 1.165) is 41.6 Å². The van der Waals surface area contributed by atoms with Crippen LogP contribution in [0, 0.1) is 0 Å². The summed E-state index contributed by atoms with van der Waals surface area (Å²) in [6.07, 6.45) is 2.09. The predicted molar refractivity (Wildman–Crippen MR) is 79.1 cm³/mol. The molecule has 0 saturated heterocycles. The minimum Gasteiger partial charge on any atom is -0.311 e. The van der Waals surface area contributed by atoms with Crippen molar-refractivity contribution in [2.45, 2.75) is 32.7 Å². The van der Waals surface area contributed by atoms with Gasteiger partial charge in [0.05, 0.1) is 12.1 Å². The van der Waals surface area contributed by atoms with E-state index in [0.29, 0.717) is 11.6 Å². The maximum atomic E-state index is 12.0. The summed E-state index contributed by atoms with van der Waals surface area (Å²) in [5, 5.41) is 16.4. The van der Waals surface area contributed by atoms with E-state index in [-0.39, 0.29) is 5.91 Å². The average molecular weight is 309 g/mol. The average Bonchev–Trinajstić information content (AvgIpc) is 3.04. The minimum absolute atomic E-state index is 0.0807. The molecule has 0 atom stereocenters. The Labute approximate surface area is 124 Å². The maximum absolute atomic E-state index is 12.0. The van der Waals surface area contributed by atoms with Crippen molar-refractivity contribution < 1.29 is 4.79 Å². The molecule has 2 aromatic rings. The molecular formula is C12H15N5OS2. The molecule has 0 fully saturated rings. The Balaban J connectivity index is 1.62. The molecule has 3 heterocycles. The van der Waals surface area contributed by atoms with Crippen LogP contribution in [-0.2, 0) is 30.6 Å². The zero-order chi connectivity index (χ0) is 13.9. The van der Waals surface area contributed by atoms with Gasteiger partial charge in [0.1, 0.15) is 10.0 Å². The van der Waals surface area contributed by atoms with Gasteiger partial charge in [0, 0.05) is 24.4 Å². The highest BCUT2D eigenvalue weighted by Gasteiger charge is 2.17. The van der Waals surface area contributed by atoms with Crippen molar-refractivity contribution in [1.82, 2.24) is 20.5 Å². The summed E-state index contributed by atoms with van der Waals surface area (Å²) in [7, 11) is 0. The van der Waals surface area contributed by atoms with Crippen LogP contribution in [0.15, 0.2) is 0 Å². The first-order chi connectivity index (χ1) is 9.74. The summed E-state index contributed by atoms with van der Waals surface area (Å²) in [5.74, 6) is -0.0807. The monoisotopic (exact) mass is 309 g/mol. The molecule has 20 heavy (non-hydrogen) atoms. The molecule has 106 valence electrons. The van der Waals surface area contributed by atoms with Crippen LogP contribution in [0.5, 0.6) is 0 Å². The third-order valence-electron chi connectivity index (χ3n) is 2.97. The number of aromatic nitrogens is 3. The molecule has 6 nitrogen and oxygen atoms in total. The van der Waals surface area contributed by atoms with E-state index >= 15 is 0 Å². The van der Waals surface area contributed by atoms with Crippen LogP contribution >= 0.6 is 22.7 Å². The molecule has 1 amide bonds. The topological polar surface area (TPSA) is 79.8 Å². The standard InChI is InChI=1S/C12H15N5OS2/c1-2-10-16-17-12(20-10)15-9(18)5-11-14-7-3-4-13-6-8(7)19-11/h13H,2-6H2,1H3,(H,15,17,18). The SMILES string of the molecule is CCc1nnc(NC(=O)Cc2nc3c(s2)CNCC3)s1. The van der Waals surface area contributed by atoms with Gasteiger partial charge >= 0.3 is 0 Å². The van der Waals surface area contributed by atoms with Gasteiger partial charge in [-0.25, -0.2) is 4.98 Å². The molecule has 0 bridgehead atoms. The number of amides is 1. The van der Waals surface area contributed by atoms with Crippen LogP contribution in [0.4, 0.5) is 5.13 Å². The Hall–Kier alpha value is -1.38. The first-order valence-electron chi connectivity index (χ1n) is 6.55. The predicted octanol–water partition coefficient (Wildman–Crippen LogP) is 1.38. The summed E-state index contributed by atoms with van der Waals surface area (Å²) in [6.45, 7) is 3.85. The fraction of sp³-hybridized carbons (Fsp3) is 0.500. The third kappa shape index (κ3) is 3.02. The molecule has 8 heteroatoms. The lowest BCUT2D eigenvalue weighted by Gasteiger charge is -2.09. The fourth-order valence-electron chi connectivity index (χ4n) is 2.00. The lowest BCUT2D eigenvalue weighted by Crippen LogP contribution is -2.22. The maximum Gasteiger partial charge on any atom is 0.233 e. The molecule has 1 aliphatic rings. The first kappa shape index (κ1) is 13.6. The number of carbonyl (C=O) groups is 1. The minimum atomic E-state index is -0.0807. The van der Waals surface area contributed by atoms with E-state index in [9.17, 15) is 4.79 Å². The van der Waals surface area contributed by atoms with E-state index < -0.39 is 0 Å². The molecular weight excluding hydrogens is 294 g/mol. The number of hydrogen-bond acceptors (Lipinski definition) is 7. The second kappa shape index (κ2) is 5.94. The van der Waals surface area contributed by atoms with Gasteiger partial charge < -0.3 is 10.6 Å². The Morgan fingerprint density at radius 1 is 1.35 bits per heavy atom. The third-order valence-corrected chi connectivity index (χ3v) is 5.05. The smallest absolute Gasteiger partial charge is 0.233 e. The van der Waals surface area contributed by atoms with Gasteiger partial charge in [0.2, 0.25) is 11.0 Å². The first-order valence-corrected chi connectivity index (χ1v) is 8.18. The van der Waals surface area contributed by atoms with Crippen LogP contribution < -0.4 is 10.6 Å². The van der Waals surface area contributed by atoms with Crippen molar-refractivity contribution in [2.24, 2.45) is 0 Å². The number of anilines is 1. The van der Waals surface area contributed by atoms with Crippen molar-refractivity contribution in [3.8, 4) is 0 Å². The molecule has 0 radical (unpaired) electrons. The summed E-state index contributed by atoms with van der Waals surface area (Å²) in [6, 6.07) is 0. The number of carbonyl (C=O) groups excluding carboxylic acids is 1. The highest BCUT2D eigenvalue weighted by Crippen LogP contribution is 2.22. The Bertz CT molecular complexity index is 598. The van der Waals surface area contributed by atoms with Crippen LogP contribution in [0.25, 0.3) is 0 Å². The molecule has 0 spiro atoms. The van der Waals surface area contributed by atoms with E-state index in [1.165, 1.54) is 16.2 Å². The lowest BCUT2D eigenvalue weighted by molar-refractivity contribution is -0.115. The highest BCUT2D eigenvalue weighted by atomic mass is 32.1. The summed E-state index contributed by atoms with van der Waals surface area (Å²) >= 11 is 3.03. The number of thiazole rings is 1. The molecule has 0 aliphatic carbocycles. The molecule has 2 aromatic heterocycles. The largest absolute Gasteiger partial charge is 0.311 e. The number of nitrogens with one attached hydrogen (secondary N) is 2. The Morgan fingerprint density at radius 3 is 3.00 bits per heavy atom. The number of rotatable bonds is 4. The van der Waals surface area contributed by atoms with Gasteiger partial charge in [-0.3, -0.25) is 4.79 Å². The summed E-state index contributed by atoms with van der Waals surface area (Å²) in [4.78, 5) is 17.8. The van der Waals surface area contributed by atoms with Crippen LogP contribution in [0.1, 0.15) is 27.5 Å². The van der Waals surface area contributed by atoms with Gasteiger partial charge in [0.25, 0.3) is 0 Å². The summed E-state index contributed by atoms with van der Waals surface area (Å²) < 4.78 is 0. The zero-order valence-electron chi connectivity index (χ0n) is 11.1. The fourth-order valence-corrected chi connectivity index (χ4v) is 3.78. The molecule has 0 aromatic carbocycles. The van der Waals surface area contributed by atoms with Gasteiger partial charge in [-0.05, 0) is 6.42 Å². The van der Waals surface area contributed by atoms with E-state index in [2.05, 4.69) is 25.8 Å². The van der Waals surface area contributed by atoms with Crippen LogP contribution in [0.2, 0.25) is 0 Å². The van der Waals surface area contributed by atoms with Gasteiger partial charge in [-0.2, -0.15) is 0 Å². The van der Waals surface area contributed by atoms with Crippen LogP contribution in [-0.4, -0.2) is 27.6 Å². The molecule has 0 unspecified atom stereocenters. The van der Waals surface area contributed by atoms with Crippen molar-refractivity contribution >= 4 is 33.7 Å². The van der Waals surface area contributed by atoms with Crippen molar-refractivity contribution in [3.63, 3.8) is 0 Å². The van der Waals surface area contributed by atoms with E-state index in [1.807, 2.05) is 6.92 Å². The number of nitrogens with zero attached hydrogens (tertiary/aromatic N) is 3. The summed E-state index contributed by atoms with van der Waals surface area (Å²) in [5.41, 5.74) is 1.14. The van der Waals surface area contributed by atoms with Crippen molar-refractivity contribution in [1.29, 1.82) is 0 Å². The lowest BCUT2D eigenvalue weighted by atomic mass is 10.2. The highest BCUT2D eigenvalue weighted by molar-refractivity contribution is 7.15. The Morgan fingerprint density at radius 2 is 2.25 bits per heavy atom. The quantitative estimate of drug-likeness (QED) is 0.892. The van der Waals surface area contributed by atoms with E-state index in [4.69, 9.17) is 0 Å². The molecule has 0 saturated carbocycles. The normalized spacial score (nSPS) is 14.1. The van der Waals surface area contributed by atoms with Gasteiger partial charge in [-0.15, -0.1) is 21.5 Å². The number of aryl methyl sites for hydroxylation is 1. The zero-order valence-corrected chi connectivity index (χ0v) is 12.7. The Kier molecular flexibility index (Phi) is 4.04. The molecule has 3 rings (SSSR count).